The molecule has 1 N–H and O–H groups in total. The normalized spacial score (nSPS) is 14.3. The van der Waals surface area contributed by atoms with Crippen LogP contribution in [0.3, 0.4) is 0 Å². The minimum Gasteiger partial charge on any atom is -0.497 e. The Morgan fingerprint density at radius 2 is 2.00 bits per heavy atom. The molecule has 0 aliphatic carbocycles. The van der Waals surface area contributed by atoms with E-state index in [4.69, 9.17) is 4.74 Å². The van der Waals surface area contributed by atoms with Crippen LogP contribution in [0.1, 0.15) is 56.8 Å². The van der Waals surface area contributed by atoms with Gasteiger partial charge in [-0.3, -0.25) is 0 Å². The van der Waals surface area contributed by atoms with E-state index < -0.39 is 0 Å². The molecule has 0 heterocycles. The number of ether oxygens (including phenoxy) is 1. The fraction of sp³-hybridized carbons (Fsp3) is 0.625. The van der Waals surface area contributed by atoms with E-state index >= 15 is 0 Å². The second-order valence-corrected chi connectivity index (χ2v) is 4.98. The van der Waals surface area contributed by atoms with Crippen LogP contribution in [-0.4, -0.2) is 12.2 Å². The summed E-state index contributed by atoms with van der Waals surface area (Å²) in [6.45, 7) is 6.38. The summed E-state index contributed by atoms with van der Waals surface area (Å²) in [5, 5.41) is 10.5. The van der Waals surface area contributed by atoms with Gasteiger partial charge >= 0.3 is 0 Å². The first-order chi connectivity index (χ1) is 8.63. The van der Waals surface area contributed by atoms with Crippen LogP contribution in [0.25, 0.3) is 0 Å². The van der Waals surface area contributed by atoms with Gasteiger partial charge in [0.05, 0.1) is 13.2 Å². The van der Waals surface area contributed by atoms with Crippen molar-refractivity contribution in [1.29, 1.82) is 0 Å². The molecule has 102 valence electrons. The third-order valence-corrected chi connectivity index (χ3v) is 3.69. The zero-order valence-corrected chi connectivity index (χ0v) is 12.1. The summed E-state index contributed by atoms with van der Waals surface area (Å²) in [5.74, 6) is 1.21. The highest BCUT2D eigenvalue weighted by Gasteiger charge is 2.20. The molecule has 0 spiro atoms. The Labute approximate surface area is 111 Å². The van der Waals surface area contributed by atoms with Gasteiger partial charge in [0.25, 0.3) is 0 Å². The summed E-state index contributed by atoms with van der Waals surface area (Å²) in [6, 6.07) is 5.91. The van der Waals surface area contributed by atoms with Crippen LogP contribution in [0.2, 0.25) is 0 Å². The zero-order chi connectivity index (χ0) is 13.5. The van der Waals surface area contributed by atoms with Crippen molar-refractivity contribution in [2.45, 2.75) is 52.6 Å². The maximum absolute atomic E-state index is 10.5. The molecule has 0 aliphatic heterocycles. The van der Waals surface area contributed by atoms with Crippen molar-refractivity contribution in [1.82, 2.24) is 0 Å². The molecule has 0 saturated carbocycles. The number of aliphatic hydroxyl groups is 1. The van der Waals surface area contributed by atoms with Crippen LogP contribution in [0, 0.1) is 12.8 Å². The lowest BCUT2D eigenvalue weighted by molar-refractivity contribution is 0.0983. The summed E-state index contributed by atoms with van der Waals surface area (Å²) in [7, 11) is 1.67. The van der Waals surface area contributed by atoms with Gasteiger partial charge in [-0.2, -0.15) is 0 Å². The third-order valence-electron chi connectivity index (χ3n) is 3.69. The van der Waals surface area contributed by atoms with Gasteiger partial charge in [0.1, 0.15) is 5.75 Å². The van der Waals surface area contributed by atoms with Crippen molar-refractivity contribution >= 4 is 0 Å². The minimum absolute atomic E-state index is 0.354. The Morgan fingerprint density at radius 3 is 2.50 bits per heavy atom. The fourth-order valence-electron chi connectivity index (χ4n) is 2.41. The first-order valence-electron chi connectivity index (χ1n) is 6.96. The molecule has 1 aromatic rings. The van der Waals surface area contributed by atoms with Crippen LogP contribution in [0.5, 0.6) is 5.75 Å². The zero-order valence-electron chi connectivity index (χ0n) is 12.1. The Kier molecular flexibility index (Phi) is 6.20. The molecule has 2 heteroatoms. The van der Waals surface area contributed by atoms with Crippen LogP contribution >= 0.6 is 0 Å². The highest BCUT2D eigenvalue weighted by molar-refractivity contribution is 5.36. The van der Waals surface area contributed by atoms with Crippen molar-refractivity contribution < 1.29 is 9.84 Å². The summed E-state index contributed by atoms with van der Waals surface area (Å²) in [5.41, 5.74) is 2.15. The molecule has 18 heavy (non-hydrogen) atoms. The van der Waals surface area contributed by atoms with Gasteiger partial charge in [-0.15, -0.1) is 0 Å². The number of aryl methyl sites for hydroxylation is 1. The molecule has 0 bridgehead atoms. The molecule has 0 fully saturated rings. The molecule has 0 aromatic heterocycles. The van der Waals surface area contributed by atoms with Crippen LogP contribution in [-0.2, 0) is 0 Å². The number of aliphatic hydroxyl groups excluding tert-OH is 1. The number of hydrogen-bond donors (Lipinski definition) is 1. The number of rotatable bonds is 7. The van der Waals surface area contributed by atoms with Gasteiger partial charge in [-0.05, 0) is 42.5 Å². The highest BCUT2D eigenvalue weighted by Crippen LogP contribution is 2.32. The molecule has 0 amide bonds. The second kappa shape index (κ2) is 7.42. The summed E-state index contributed by atoms with van der Waals surface area (Å²) in [6.07, 6.45) is 4.13. The quantitative estimate of drug-likeness (QED) is 0.783. The van der Waals surface area contributed by atoms with E-state index in [1.807, 2.05) is 25.1 Å². The van der Waals surface area contributed by atoms with Crippen LogP contribution in [0.4, 0.5) is 0 Å². The van der Waals surface area contributed by atoms with Crippen molar-refractivity contribution in [3.63, 3.8) is 0 Å². The number of unbranched alkanes of at least 4 members (excludes halogenated alkanes) is 1. The predicted molar refractivity (Wildman–Crippen MR) is 76.0 cm³/mol. The monoisotopic (exact) mass is 250 g/mol. The van der Waals surface area contributed by atoms with E-state index in [2.05, 4.69) is 13.8 Å². The van der Waals surface area contributed by atoms with E-state index in [0.29, 0.717) is 5.92 Å². The van der Waals surface area contributed by atoms with Crippen LogP contribution < -0.4 is 4.74 Å². The number of methoxy groups -OCH3 is 1. The van der Waals surface area contributed by atoms with E-state index in [-0.39, 0.29) is 6.10 Å². The van der Waals surface area contributed by atoms with Crippen molar-refractivity contribution in [3.05, 3.63) is 29.3 Å². The van der Waals surface area contributed by atoms with E-state index in [9.17, 15) is 5.11 Å². The Balaban J connectivity index is 2.83. The average Bonchev–Trinajstić information content (AvgIpc) is 2.39. The lowest BCUT2D eigenvalue weighted by atomic mass is 9.87. The lowest BCUT2D eigenvalue weighted by Crippen LogP contribution is -2.13. The van der Waals surface area contributed by atoms with E-state index in [1.165, 1.54) is 12.8 Å². The summed E-state index contributed by atoms with van der Waals surface area (Å²) < 4.78 is 5.20. The first kappa shape index (κ1) is 15.0. The van der Waals surface area contributed by atoms with Gasteiger partial charge in [-0.25, -0.2) is 0 Å². The van der Waals surface area contributed by atoms with Crippen molar-refractivity contribution in [3.8, 4) is 5.75 Å². The van der Waals surface area contributed by atoms with Gasteiger partial charge in [0, 0.05) is 0 Å². The maximum Gasteiger partial charge on any atom is 0.119 e. The van der Waals surface area contributed by atoms with E-state index in [1.54, 1.807) is 7.11 Å². The molecule has 0 saturated heterocycles. The largest absolute Gasteiger partial charge is 0.497 e. The van der Waals surface area contributed by atoms with Gasteiger partial charge in [0.2, 0.25) is 0 Å². The summed E-state index contributed by atoms with van der Waals surface area (Å²) >= 11 is 0. The smallest absolute Gasteiger partial charge is 0.119 e. The molecule has 1 aromatic carbocycles. The minimum atomic E-state index is -0.354. The fourth-order valence-corrected chi connectivity index (χ4v) is 2.41. The van der Waals surface area contributed by atoms with E-state index in [0.717, 1.165) is 29.7 Å². The highest BCUT2D eigenvalue weighted by atomic mass is 16.5. The average molecular weight is 250 g/mol. The number of hydrogen-bond acceptors (Lipinski definition) is 2. The number of benzene rings is 1. The Bertz CT molecular complexity index is 360. The third kappa shape index (κ3) is 3.74. The maximum atomic E-state index is 10.5. The molecule has 2 unspecified atom stereocenters. The first-order valence-corrected chi connectivity index (χ1v) is 6.96. The van der Waals surface area contributed by atoms with Gasteiger partial charge < -0.3 is 9.84 Å². The molecule has 2 atom stereocenters. The van der Waals surface area contributed by atoms with Gasteiger partial charge in [0.15, 0.2) is 0 Å². The molecule has 0 aliphatic rings. The summed E-state index contributed by atoms with van der Waals surface area (Å²) in [4.78, 5) is 0. The van der Waals surface area contributed by atoms with Crippen LogP contribution in [0.15, 0.2) is 18.2 Å². The van der Waals surface area contributed by atoms with Gasteiger partial charge in [-0.1, -0.05) is 39.2 Å². The standard InChI is InChI=1S/C16H26O2/c1-5-7-8-13(6-2)16(17)15-10-9-14(18-4)11-12(15)3/h9-11,13,16-17H,5-8H2,1-4H3. The Hall–Kier alpha value is -1.02. The SMILES string of the molecule is CCCCC(CC)C(O)c1ccc(OC)cc1C. The molecular formula is C16H26O2. The molecule has 1 rings (SSSR count). The van der Waals surface area contributed by atoms with Crippen molar-refractivity contribution in [2.75, 3.05) is 7.11 Å². The Morgan fingerprint density at radius 1 is 1.28 bits per heavy atom. The molecular weight excluding hydrogens is 224 g/mol. The topological polar surface area (TPSA) is 29.5 Å². The predicted octanol–water partition coefficient (Wildman–Crippen LogP) is 4.25. The molecule has 2 nitrogen and oxygen atoms in total. The van der Waals surface area contributed by atoms with Crippen molar-refractivity contribution in [2.24, 2.45) is 5.92 Å². The lowest BCUT2D eigenvalue weighted by Gasteiger charge is -2.23. The molecule has 0 radical (unpaired) electrons. The second-order valence-electron chi connectivity index (χ2n) is 4.98.